The summed E-state index contributed by atoms with van der Waals surface area (Å²) in [7, 11) is 3.07. The van der Waals surface area contributed by atoms with Crippen LogP contribution in [0.1, 0.15) is 24.0 Å². The van der Waals surface area contributed by atoms with Crippen LogP contribution in [0.3, 0.4) is 0 Å². The Labute approximate surface area is 298 Å². The lowest BCUT2D eigenvalue weighted by molar-refractivity contribution is -0.127. The first kappa shape index (κ1) is 35.0. The number of pyridine rings is 2. The van der Waals surface area contributed by atoms with Gasteiger partial charge in [-0.25, -0.2) is 9.97 Å². The molecule has 2 aliphatic rings. The smallest absolute Gasteiger partial charge is 0.231 e. The maximum absolute atomic E-state index is 11.9. The Hall–Kier alpha value is -4.88. The van der Waals surface area contributed by atoms with E-state index in [4.69, 9.17) is 42.6 Å². The largest absolute Gasteiger partial charge is 0.481 e. The Morgan fingerprint density at radius 1 is 0.640 bits per heavy atom. The standard InChI is InChI=1S/C36H34Cl2N6O6/c1-49-35-19(15-39-17-21-13-29(45)43-33(21)47)9-11-27(41-35)25-7-3-5-23(31(25)37)24-6-4-8-26(32(24)38)28-12-10-20(36(42-28)50-2)16-40-18-22-14-30(46)44-34(22)48/h3-12,21-22,39-40H,13-18H2,1-2H3,(H,43,45,47)(H,44,46,48). The molecular weight excluding hydrogens is 683 g/mol. The summed E-state index contributed by atoms with van der Waals surface area (Å²) in [5.41, 5.74) is 5.53. The molecule has 4 aromatic rings. The minimum absolute atomic E-state index is 0.172. The summed E-state index contributed by atoms with van der Waals surface area (Å²) in [5.74, 6) is -1.06. The maximum atomic E-state index is 11.9. The molecule has 4 amide bonds. The number of nitrogens with zero attached hydrogens (tertiary/aromatic N) is 2. The molecule has 14 heteroatoms. The number of ether oxygens (including phenoxy) is 2. The topological polar surface area (TPSA) is 161 Å². The number of carbonyl (C=O) groups excluding carboxylic acids is 4. The first-order valence-electron chi connectivity index (χ1n) is 15.9. The van der Waals surface area contributed by atoms with Crippen molar-refractivity contribution in [1.29, 1.82) is 0 Å². The van der Waals surface area contributed by atoms with E-state index in [1.807, 2.05) is 60.7 Å². The number of aromatic nitrogens is 2. The molecule has 0 saturated carbocycles. The van der Waals surface area contributed by atoms with Gasteiger partial charge >= 0.3 is 0 Å². The molecule has 2 aromatic carbocycles. The van der Waals surface area contributed by atoms with Gasteiger partial charge in [-0.05, 0) is 12.1 Å². The van der Waals surface area contributed by atoms with E-state index in [1.54, 1.807) is 0 Å². The SMILES string of the molecule is COc1nc(-c2cccc(-c3cccc(-c4ccc(CNCC5CC(=O)NC5=O)c(OC)n4)c3Cl)c2Cl)ccc1CNCC1CC(=O)NC1=O. The number of hydrogen-bond acceptors (Lipinski definition) is 10. The number of rotatable bonds is 13. The molecule has 2 fully saturated rings. The van der Waals surface area contributed by atoms with Crippen LogP contribution in [-0.4, -0.2) is 60.9 Å². The van der Waals surface area contributed by atoms with Crippen LogP contribution >= 0.6 is 23.2 Å². The molecule has 0 radical (unpaired) electrons. The van der Waals surface area contributed by atoms with Gasteiger partial charge in [-0.15, -0.1) is 0 Å². The predicted molar refractivity (Wildman–Crippen MR) is 187 cm³/mol. The number of imide groups is 2. The molecule has 2 aliphatic heterocycles. The molecule has 2 aromatic heterocycles. The molecule has 50 heavy (non-hydrogen) atoms. The van der Waals surface area contributed by atoms with Crippen LogP contribution in [0.5, 0.6) is 11.8 Å². The molecule has 4 heterocycles. The lowest BCUT2D eigenvalue weighted by Gasteiger charge is -2.16. The Balaban J connectivity index is 1.20. The van der Waals surface area contributed by atoms with Gasteiger partial charge in [-0.1, -0.05) is 71.7 Å². The number of methoxy groups -OCH3 is 2. The molecule has 0 aliphatic carbocycles. The van der Waals surface area contributed by atoms with Crippen LogP contribution in [0.15, 0.2) is 60.7 Å². The third-order valence-electron chi connectivity index (χ3n) is 8.65. The second-order valence-corrected chi connectivity index (χ2v) is 12.7. The van der Waals surface area contributed by atoms with Gasteiger partial charge in [0.15, 0.2) is 0 Å². The van der Waals surface area contributed by atoms with Crippen LogP contribution in [0.2, 0.25) is 10.0 Å². The number of benzene rings is 2. The van der Waals surface area contributed by atoms with Crippen LogP contribution in [0, 0.1) is 11.8 Å². The van der Waals surface area contributed by atoms with Gasteiger partial charge in [0.05, 0.1) is 47.5 Å². The van der Waals surface area contributed by atoms with Crippen molar-refractivity contribution in [2.75, 3.05) is 27.3 Å². The third-order valence-corrected chi connectivity index (χ3v) is 9.46. The zero-order valence-corrected chi connectivity index (χ0v) is 28.8. The average molecular weight is 718 g/mol. The van der Waals surface area contributed by atoms with E-state index in [1.165, 1.54) is 14.2 Å². The average Bonchev–Trinajstić information content (AvgIpc) is 3.61. The molecule has 2 atom stereocenters. The minimum atomic E-state index is -0.403. The van der Waals surface area contributed by atoms with E-state index in [9.17, 15) is 19.2 Å². The number of amides is 4. The van der Waals surface area contributed by atoms with Crippen molar-refractivity contribution >= 4 is 46.8 Å². The molecule has 0 bridgehead atoms. The summed E-state index contributed by atoms with van der Waals surface area (Å²) < 4.78 is 11.2. The molecule has 0 spiro atoms. The second kappa shape index (κ2) is 15.3. The van der Waals surface area contributed by atoms with Crippen molar-refractivity contribution < 1.29 is 28.7 Å². The van der Waals surface area contributed by atoms with Crippen molar-refractivity contribution in [3.05, 3.63) is 81.8 Å². The van der Waals surface area contributed by atoms with Crippen molar-refractivity contribution in [3.63, 3.8) is 0 Å². The van der Waals surface area contributed by atoms with Crippen molar-refractivity contribution in [3.8, 4) is 45.4 Å². The fraction of sp³-hybridized carbons (Fsp3) is 0.278. The summed E-state index contributed by atoms with van der Waals surface area (Å²) in [5, 5.41) is 12.0. The van der Waals surface area contributed by atoms with Gasteiger partial charge in [0.25, 0.3) is 0 Å². The highest BCUT2D eigenvalue weighted by atomic mass is 35.5. The summed E-state index contributed by atoms with van der Waals surface area (Å²) in [6.45, 7) is 1.49. The highest BCUT2D eigenvalue weighted by Gasteiger charge is 2.31. The molecule has 6 rings (SSSR count). The predicted octanol–water partition coefficient (Wildman–Crippen LogP) is 4.31. The first-order chi connectivity index (χ1) is 24.2. The summed E-state index contributed by atoms with van der Waals surface area (Å²) in [6, 6.07) is 18.7. The van der Waals surface area contributed by atoms with Crippen molar-refractivity contribution in [1.82, 2.24) is 31.2 Å². The number of nitrogens with one attached hydrogen (secondary N) is 4. The number of hydrogen-bond donors (Lipinski definition) is 4. The van der Waals surface area contributed by atoms with E-state index in [0.717, 1.165) is 11.1 Å². The molecule has 2 saturated heterocycles. The van der Waals surface area contributed by atoms with Crippen LogP contribution in [-0.2, 0) is 32.3 Å². The van der Waals surface area contributed by atoms with Gasteiger partial charge in [-0.2, -0.15) is 0 Å². The van der Waals surface area contributed by atoms with Crippen LogP contribution in [0.4, 0.5) is 0 Å². The maximum Gasteiger partial charge on any atom is 0.231 e. The van der Waals surface area contributed by atoms with E-state index in [0.29, 0.717) is 81.6 Å². The lowest BCUT2D eigenvalue weighted by atomic mass is 9.98. The highest BCUT2D eigenvalue weighted by Crippen LogP contribution is 2.42. The zero-order chi connectivity index (χ0) is 35.4. The van der Waals surface area contributed by atoms with Gasteiger partial charge in [0, 0.05) is 72.4 Å². The Morgan fingerprint density at radius 3 is 1.40 bits per heavy atom. The van der Waals surface area contributed by atoms with E-state index < -0.39 is 11.8 Å². The Bertz CT molecular complexity index is 1850. The summed E-state index contributed by atoms with van der Waals surface area (Å²) >= 11 is 14.1. The Kier molecular flexibility index (Phi) is 10.7. The molecule has 4 N–H and O–H groups in total. The normalized spacial score (nSPS) is 17.2. The van der Waals surface area contributed by atoms with E-state index >= 15 is 0 Å². The van der Waals surface area contributed by atoms with Gasteiger partial charge in [0.2, 0.25) is 35.4 Å². The molecular formula is C36H34Cl2N6O6. The highest BCUT2D eigenvalue weighted by molar-refractivity contribution is 6.39. The van der Waals surface area contributed by atoms with Crippen LogP contribution < -0.4 is 30.7 Å². The number of carbonyl (C=O) groups is 4. The van der Waals surface area contributed by atoms with Crippen molar-refractivity contribution in [2.24, 2.45) is 11.8 Å². The van der Waals surface area contributed by atoms with Crippen molar-refractivity contribution in [2.45, 2.75) is 25.9 Å². The first-order valence-corrected chi connectivity index (χ1v) is 16.7. The fourth-order valence-corrected chi connectivity index (χ4v) is 6.69. The van der Waals surface area contributed by atoms with Gasteiger partial charge in [-0.3, -0.25) is 29.8 Å². The Morgan fingerprint density at radius 2 is 1.04 bits per heavy atom. The minimum Gasteiger partial charge on any atom is -0.481 e. The zero-order valence-electron chi connectivity index (χ0n) is 27.3. The van der Waals surface area contributed by atoms with E-state index in [-0.39, 0.29) is 36.5 Å². The summed E-state index contributed by atoms with van der Waals surface area (Å²) in [4.78, 5) is 56.2. The molecule has 2 unspecified atom stereocenters. The quantitative estimate of drug-likeness (QED) is 0.147. The lowest BCUT2D eigenvalue weighted by Crippen LogP contribution is -2.29. The van der Waals surface area contributed by atoms with Crippen LogP contribution in [0.25, 0.3) is 33.6 Å². The van der Waals surface area contributed by atoms with E-state index in [2.05, 4.69) is 21.3 Å². The molecule has 258 valence electrons. The number of halogens is 2. The summed E-state index contributed by atoms with van der Waals surface area (Å²) in [6.07, 6.45) is 0.345. The third kappa shape index (κ3) is 7.48. The van der Waals surface area contributed by atoms with Gasteiger partial charge in [0.1, 0.15) is 0 Å². The second-order valence-electron chi connectivity index (χ2n) is 12.0. The fourth-order valence-electron chi connectivity index (χ4n) is 6.04. The molecule has 12 nitrogen and oxygen atoms in total. The monoisotopic (exact) mass is 716 g/mol. The van der Waals surface area contributed by atoms with Gasteiger partial charge < -0.3 is 20.1 Å².